The van der Waals surface area contributed by atoms with E-state index in [1.165, 1.54) is 0 Å². The highest BCUT2D eigenvalue weighted by molar-refractivity contribution is 6.30. The van der Waals surface area contributed by atoms with Gasteiger partial charge in [-0.1, -0.05) is 23.7 Å². The summed E-state index contributed by atoms with van der Waals surface area (Å²) in [4.78, 5) is 4.15. The van der Waals surface area contributed by atoms with Gasteiger partial charge in [0.1, 0.15) is 5.82 Å². The Morgan fingerprint density at radius 3 is 2.50 bits per heavy atom. The van der Waals surface area contributed by atoms with Crippen molar-refractivity contribution in [2.75, 3.05) is 11.1 Å². The third-order valence-electron chi connectivity index (χ3n) is 2.17. The lowest BCUT2D eigenvalue weighted by Gasteiger charge is -2.05. The number of halogens is 1. The van der Waals surface area contributed by atoms with Gasteiger partial charge in [0.05, 0.1) is 11.9 Å². The van der Waals surface area contributed by atoms with Crippen LogP contribution in [0.15, 0.2) is 42.6 Å². The number of hydrogen-bond donors (Lipinski definition) is 2. The van der Waals surface area contributed by atoms with Gasteiger partial charge in [-0.3, -0.25) is 0 Å². The maximum absolute atomic E-state index is 5.80. The largest absolute Gasteiger partial charge is 0.397 e. The van der Waals surface area contributed by atoms with Gasteiger partial charge in [0, 0.05) is 11.6 Å². The van der Waals surface area contributed by atoms with Crippen LogP contribution < -0.4 is 11.1 Å². The first kappa shape index (κ1) is 10.8. The molecule has 4 heteroatoms. The zero-order valence-electron chi connectivity index (χ0n) is 8.65. The molecule has 0 radical (unpaired) electrons. The van der Waals surface area contributed by atoms with E-state index in [0.717, 1.165) is 16.4 Å². The molecule has 2 aromatic rings. The minimum atomic E-state index is 0.664. The van der Waals surface area contributed by atoms with Crippen LogP contribution in [0.25, 0.3) is 0 Å². The monoisotopic (exact) mass is 233 g/mol. The van der Waals surface area contributed by atoms with Gasteiger partial charge in [-0.15, -0.1) is 0 Å². The molecule has 3 nitrogen and oxygen atoms in total. The van der Waals surface area contributed by atoms with E-state index in [4.69, 9.17) is 17.3 Å². The number of hydrogen-bond acceptors (Lipinski definition) is 3. The number of aromatic nitrogens is 1. The van der Waals surface area contributed by atoms with Crippen LogP contribution in [0.2, 0.25) is 5.02 Å². The van der Waals surface area contributed by atoms with Gasteiger partial charge in [0.25, 0.3) is 0 Å². The van der Waals surface area contributed by atoms with Crippen LogP contribution >= 0.6 is 11.6 Å². The minimum absolute atomic E-state index is 0.664. The highest BCUT2D eigenvalue weighted by Gasteiger charge is 1.95. The Morgan fingerprint density at radius 2 is 1.88 bits per heavy atom. The van der Waals surface area contributed by atoms with E-state index >= 15 is 0 Å². The van der Waals surface area contributed by atoms with E-state index in [9.17, 15) is 0 Å². The smallest absolute Gasteiger partial charge is 0.126 e. The molecule has 16 heavy (non-hydrogen) atoms. The van der Waals surface area contributed by atoms with E-state index in [1.807, 2.05) is 36.4 Å². The quantitative estimate of drug-likeness (QED) is 0.857. The van der Waals surface area contributed by atoms with Crippen molar-refractivity contribution in [3.05, 3.63) is 53.2 Å². The van der Waals surface area contributed by atoms with Crippen LogP contribution in [0.3, 0.4) is 0 Å². The van der Waals surface area contributed by atoms with E-state index in [-0.39, 0.29) is 0 Å². The molecular weight excluding hydrogens is 222 g/mol. The van der Waals surface area contributed by atoms with Crippen molar-refractivity contribution in [3.8, 4) is 0 Å². The molecule has 0 amide bonds. The molecule has 1 heterocycles. The van der Waals surface area contributed by atoms with Crippen LogP contribution in [0, 0.1) is 0 Å². The molecule has 0 aliphatic carbocycles. The van der Waals surface area contributed by atoms with Crippen LogP contribution in [0.1, 0.15) is 5.56 Å². The molecule has 0 fully saturated rings. The second-order valence-corrected chi connectivity index (χ2v) is 3.89. The van der Waals surface area contributed by atoms with Gasteiger partial charge < -0.3 is 11.1 Å². The first-order valence-corrected chi connectivity index (χ1v) is 5.32. The molecule has 2 rings (SSSR count). The van der Waals surface area contributed by atoms with E-state index < -0.39 is 0 Å². The summed E-state index contributed by atoms with van der Waals surface area (Å²) in [6.07, 6.45) is 1.63. The van der Waals surface area contributed by atoms with Crippen molar-refractivity contribution < 1.29 is 0 Å². The van der Waals surface area contributed by atoms with E-state index in [0.29, 0.717) is 12.2 Å². The SMILES string of the molecule is Nc1ccc(NCc2ccc(Cl)cc2)nc1. The zero-order valence-corrected chi connectivity index (χ0v) is 9.41. The summed E-state index contributed by atoms with van der Waals surface area (Å²) in [5, 5.41) is 3.94. The Hall–Kier alpha value is -1.74. The van der Waals surface area contributed by atoms with Gasteiger partial charge >= 0.3 is 0 Å². The molecular formula is C12H12ClN3. The van der Waals surface area contributed by atoms with E-state index in [2.05, 4.69) is 10.3 Å². The van der Waals surface area contributed by atoms with Crippen molar-refractivity contribution >= 4 is 23.1 Å². The number of nitrogens with two attached hydrogens (primary N) is 1. The summed E-state index contributed by atoms with van der Waals surface area (Å²) in [6, 6.07) is 11.4. The van der Waals surface area contributed by atoms with Crippen molar-refractivity contribution in [2.45, 2.75) is 6.54 Å². The molecule has 0 saturated carbocycles. The van der Waals surface area contributed by atoms with Crippen LogP contribution in [-0.2, 0) is 6.54 Å². The molecule has 0 atom stereocenters. The van der Waals surface area contributed by atoms with Crippen LogP contribution in [0.4, 0.5) is 11.5 Å². The molecule has 0 aliphatic heterocycles. The van der Waals surface area contributed by atoms with Gasteiger partial charge in [-0.25, -0.2) is 4.98 Å². The van der Waals surface area contributed by atoms with Crippen molar-refractivity contribution in [2.24, 2.45) is 0 Å². The number of benzene rings is 1. The molecule has 0 aliphatic rings. The van der Waals surface area contributed by atoms with Gasteiger partial charge in [-0.05, 0) is 29.8 Å². The summed E-state index contributed by atoms with van der Waals surface area (Å²) in [5.74, 6) is 0.809. The number of pyridine rings is 1. The molecule has 0 bridgehead atoms. The van der Waals surface area contributed by atoms with E-state index in [1.54, 1.807) is 6.20 Å². The molecule has 1 aromatic heterocycles. The predicted octanol–water partition coefficient (Wildman–Crippen LogP) is 2.93. The third kappa shape index (κ3) is 2.87. The fraction of sp³-hybridized carbons (Fsp3) is 0.0833. The third-order valence-corrected chi connectivity index (χ3v) is 2.43. The predicted molar refractivity (Wildman–Crippen MR) is 67.4 cm³/mol. The average Bonchev–Trinajstić information content (AvgIpc) is 2.30. The van der Waals surface area contributed by atoms with Crippen molar-refractivity contribution in [1.82, 2.24) is 4.98 Å². The summed E-state index contributed by atoms with van der Waals surface area (Å²) < 4.78 is 0. The van der Waals surface area contributed by atoms with Crippen LogP contribution in [0.5, 0.6) is 0 Å². The second-order valence-electron chi connectivity index (χ2n) is 3.46. The number of nitrogen functional groups attached to an aromatic ring is 1. The molecule has 0 spiro atoms. The lowest BCUT2D eigenvalue weighted by Crippen LogP contribution is -2.01. The maximum Gasteiger partial charge on any atom is 0.126 e. The Balaban J connectivity index is 1.97. The maximum atomic E-state index is 5.80. The van der Waals surface area contributed by atoms with Crippen LogP contribution in [-0.4, -0.2) is 4.98 Å². The Labute approximate surface area is 99.3 Å². The summed E-state index contributed by atoms with van der Waals surface area (Å²) >= 11 is 5.80. The van der Waals surface area contributed by atoms with Gasteiger partial charge in [-0.2, -0.15) is 0 Å². The number of anilines is 2. The number of rotatable bonds is 3. The second kappa shape index (κ2) is 4.86. The first-order valence-electron chi connectivity index (χ1n) is 4.94. The van der Waals surface area contributed by atoms with Crippen molar-refractivity contribution in [3.63, 3.8) is 0 Å². The average molecular weight is 234 g/mol. The Bertz CT molecular complexity index is 405. The zero-order chi connectivity index (χ0) is 11.4. The standard InChI is InChI=1S/C12H12ClN3/c13-10-3-1-9(2-4-10)7-15-12-6-5-11(14)8-16-12/h1-6,8H,7,14H2,(H,15,16). The lowest BCUT2D eigenvalue weighted by atomic mass is 10.2. The molecule has 82 valence electrons. The number of nitrogens with one attached hydrogen (secondary N) is 1. The highest BCUT2D eigenvalue weighted by Crippen LogP contribution is 2.11. The molecule has 3 N–H and O–H groups in total. The lowest BCUT2D eigenvalue weighted by molar-refractivity contribution is 1.11. The van der Waals surface area contributed by atoms with Gasteiger partial charge in [0.15, 0.2) is 0 Å². The Kier molecular flexibility index (Phi) is 3.27. The number of nitrogens with zero attached hydrogens (tertiary/aromatic N) is 1. The highest BCUT2D eigenvalue weighted by atomic mass is 35.5. The van der Waals surface area contributed by atoms with Gasteiger partial charge in [0.2, 0.25) is 0 Å². The normalized spacial score (nSPS) is 10.1. The summed E-state index contributed by atoms with van der Waals surface area (Å²) in [7, 11) is 0. The minimum Gasteiger partial charge on any atom is -0.397 e. The fourth-order valence-corrected chi connectivity index (χ4v) is 1.43. The summed E-state index contributed by atoms with van der Waals surface area (Å²) in [5.41, 5.74) is 7.37. The fourth-order valence-electron chi connectivity index (χ4n) is 1.30. The topological polar surface area (TPSA) is 50.9 Å². The molecule has 0 unspecified atom stereocenters. The molecule has 1 aromatic carbocycles. The first-order chi connectivity index (χ1) is 7.74. The van der Waals surface area contributed by atoms with Crippen molar-refractivity contribution in [1.29, 1.82) is 0 Å². The Morgan fingerprint density at radius 1 is 1.12 bits per heavy atom. The summed E-state index contributed by atoms with van der Waals surface area (Å²) in [6.45, 7) is 0.716. The molecule has 0 saturated heterocycles.